The highest BCUT2D eigenvalue weighted by Crippen LogP contribution is 2.17. The second-order valence-electron chi connectivity index (χ2n) is 4.67. The average molecular weight is 286 g/mol. The van der Waals surface area contributed by atoms with Crippen LogP contribution in [0.2, 0.25) is 0 Å². The van der Waals surface area contributed by atoms with Crippen molar-refractivity contribution in [3.05, 3.63) is 41.5 Å². The zero-order chi connectivity index (χ0) is 14.8. The molecule has 0 saturated heterocycles. The molecule has 21 heavy (non-hydrogen) atoms. The van der Waals surface area contributed by atoms with E-state index in [2.05, 4.69) is 15.3 Å². The van der Waals surface area contributed by atoms with E-state index in [1.807, 2.05) is 31.2 Å². The number of benzene rings is 1. The summed E-state index contributed by atoms with van der Waals surface area (Å²) in [5.41, 5.74) is 2.05. The lowest BCUT2D eigenvalue weighted by molar-refractivity contribution is 0.0689. The maximum Gasteiger partial charge on any atom is 0.358 e. The number of fused-ring (bicyclic) bond motifs is 1. The van der Waals surface area contributed by atoms with Gasteiger partial charge in [-0.1, -0.05) is 30.7 Å². The third-order valence-corrected chi connectivity index (χ3v) is 3.15. The van der Waals surface area contributed by atoms with Crippen molar-refractivity contribution in [1.82, 2.24) is 20.0 Å². The fourth-order valence-corrected chi connectivity index (χ4v) is 2.23. The van der Waals surface area contributed by atoms with Gasteiger partial charge in [0.15, 0.2) is 11.3 Å². The number of aromatic nitrogens is 4. The zero-order valence-electron chi connectivity index (χ0n) is 11.5. The first kappa shape index (κ1) is 13.3. The Morgan fingerprint density at radius 3 is 2.90 bits per heavy atom. The van der Waals surface area contributed by atoms with Gasteiger partial charge in [-0.3, -0.25) is 0 Å². The van der Waals surface area contributed by atoms with E-state index in [1.54, 1.807) is 0 Å². The van der Waals surface area contributed by atoms with Crippen molar-refractivity contribution in [2.45, 2.75) is 26.3 Å². The molecule has 0 spiro atoms. The van der Waals surface area contributed by atoms with Crippen molar-refractivity contribution in [3.63, 3.8) is 0 Å². The lowest BCUT2D eigenvalue weighted by atomic mass is 10.2. The molecule has 2 heterocycles. The normalized spacial score (nSPS) is 11.1. The number of rotatable bonds is 5. The highest BCUT2D eigenvalue weighted by Gasteiger charge is 2.19. The highest BCUT2D eigenvalue weighted by molar-refractivity contribution is 5.86. The summed E-state index contributed by atoms with van der Waals surface area (Å²) in [6.07, 6.45) is 1.40. The second-order valence-corrected chi connectivity index (χ2v) is 4.67. The van der Waals surface area contributed by atoms with Crippen molar-refractivity contribution in [2.24, 2.45) is 0 Å². The number of para-hydroxylation sites is 2. The van der Waals surface area contributed by atoms with E-state index in [-0.39, 0.29) is 12.2 Å². The Hall–Kier alpha value is -2.70. The van der Waals surface area contributed by atoms with Crippen molar-refractivity contribution >= 4 is 17.1 Å². The van der Waals surface area contributed by atoms with Crippen LogP contribution >= 0.6 is 0 Å². The molecule has 1 N–H and O–H groups in total. The molecular formula is C14H14N4O3. The van der Waals surface area contributed by atoms with Crippen molar-refractivity contribution in [3.8, 4) is 0 Å². The molecule has 0 unspecified atom stereocenters. The Kier molecular flexibility index (Phi) is 3.39. The number of aromatic carboxylic acids is 1. The van der Waals surface area contributed by atoms with Crippen LogP contribution in [0, 0.1) is 0 Å². The summed E-state index contributed by atoms with van der Waals surface area (Å²) in [5.74, 6) is -0.586. The zero-order valence-corrected chi connectivity index (χ0v) is 11.5. The minimum atomic E-state index is -1.07. The summed E-state index contributed by atoms with van der Waals surface area (Å²) < 4.78 is 7.17. The van der Waals surface area contributed by atoms with Crippen LogP contribution in [0.4, 0.5) is 0 Å². The number of carboxylic acids is 1. The van der Waals surface area contributed by atoms with Crippen LogP contribution in [0.5, 0.6) is 0 Å². The Labute approximate surface area is 120 Å². The van der Waals surface area contributed by atoms with Gasteiger partial charge in [-0.15, -0.1) is 5.10 Å². The van der Waals surface area contributed by atoms with Gasteiger partial charge in [0.05, 0.1) is 5.69 Å². The number of hydrogen-bond donors (Lipinski definition) is 1. The van der Waals surface area contributed by atoms with Gasteiger partial charge in [-0.25, -0.2) is 14.5 Å². The Morgan fingerprint density at radius 2 is 2.19 bits per heavy atom. The van der Waals surface area contributed by atoms with Gasteiger partial charge in [0.1, 0.15) is 12.1 Å². The van der Waals surface area contributed by atoms with Gasteiger partial charge < -0.3 is 9.52 Å². The van der Waals surface area contributed by atoms with Crippen LogP contribution in [0.25, 0.3) is 11.1 Å². The van der Waals surface area contributed by atoms with Gasteiger partial charge in [0.25, 0.3) is 0 Å². The maximum absolute atomic E-state index is 11.1. The Balaban J connectivity index is 1.95. The molecule has 0 atom stereocenters. The minimum absolute atomic E-state index is 0.00652. The second kappa shape index (κ2) is 5.35. The van der Waals surface area contributed by atoms with E-state index in [0.717, 1.165) is 11.9 Å². The van der Waals surface area contributed by atoms with Crippen molar-refractivity contribution in [1.29, 1.82) is 0 Å². The van der Waals surface area contributed by atoms with Gasteiger partial charge in [-0.05, 0) is 18.6 Å². The number of carbonyl (C=O) groups is 1. The van der Waals surface area contributed by atoms with Gasteiger partial charge in [0, 0.05) is 0 Å². The molecule has 3 aromatic rings. The maximum atomic E-state index is 11.1. The lowest BCUT2D eigenvalue weighted by Gasteiger charge is -2.03. The summed E-state index contributed by atoms with van der Waals surface area (Å²) in [5, 5.41) is 16.8. The lowest BCUT2D eigenvalue weighted by Crippen LogP contribution is -2.09. The average Bonchev–Trinajstić information content (AvgIpc) is 3.03. The molecule has 7 nitrogen and oxygen atoms in total. The topological polar surface area (TPSA) is 94.0 Å². The third-order valence-electron chi connectivity index (χ3n) is 3.15. The van der Waals surface area contributed by atoms with Crippen LogP contribution in [0.3, 0.4) is 0 Å². The molecule has 0 aliphatic carbocycles. The van der Waals surface area contributed by atoms with E-state index in [9.17, 15) is 4.79 Å². The molecule has 0 amide bonds. The summed E-state index contributed by atoms with van der Waals surface area (Å²) in [6, 6.07) is 7.45. The Bertz CT molecular complexity index is 757. The van der Waals surface area contributed by atoms with Crippen LogP contribution in [-0.4, -0.2) is 31.1 Å². The first-order chi connectivity index (χ1) is 10.2. The number of carboxylic acid groups (broad SMARTS) is 1. The summed E-state index contributed by atoms with van der Waals surface area (Å²) in [4.78, 5) is 15.5. The van der Waals surface area contributed by atoms with E-state index in [4.69, 9.17) is 9.52 Å². The van der Waals surface area contributed by atoms with Crippen molar-refractivity contribution < 1.29 is 14.3 Å². The molecule has 0 radical (unpaired) electrons. The third kappa shape index (κ3) is 2.49. The molecule has 108 valence electrons. The molecular weight excluding hydrogens is 272 g/mol. The van der Waals surface area contributed by atoms with E-state index in [0.29, 0.717) is 23.6 Å². The van der Waals surface area contributed by atoms with E-state index in [1.165, 1.54) is 4.68 Å². The smallest absolute Gasteiger partial charge is 0.358 e. The molecule has 0 fully saturated rings. The van der Waals surface area contributed by atoms with E-state index >= 15 is 0 Å². The summed E-state index contributed by atoms with van der Waals surface area (Å²) in [7, 11) is 0. The van der Waals surface area contributed by atoms with Crippen LogP contribution in [-0.2, 0) is 13.0 Å². The van der Waals surface area contributed by atoms with Gasteiger partial charge >= 0.3 is 5.97 Å². The first-order valence-electron chi connectivity index (χ1n) is 6.69. The Morgan fingerprint density at radius 1 is 1.38 bits per heavy atom. The largest absolute Gasteiger partial charge is 0.476 e. The number of oxazole rings is 1. The summed E-state index contributed by atoms with van der Waals surface area (Å²) in [6.45, 7) is 2.24. The standard InChI is InChI=1S/C14H14N4O3/c1-2-5-10-13(14(19)20)16-17-18(10)8-12-15-9-6-3-4-7-11(9)21-12/h3-4,6-7H,2,5,8H2,1H3,(H,19,20). The van der Waals surface area contributed by atoms with Crippen molar-refractivity contribution in [2.75, 3.05) is 0 Å². The van der Waals surface area contributed by atoms with Crippen LogP contribution < -0.4 is 0 Å². The molecule has 0 saturated carbocycles. The molecule has 0 aliphatic rings. The van der Waals surface area contributed by atoms with Gasteiger partial charge in [0.2, 0.25) is 5.89 Å². The monoisotopic (exact) mass is 286 g/mol. The quantitative estimate of drug-likeness (QED) is 0.772. The fourth-order valence-electron chi connectivity index (χ4n) is 2.23. The fraction of sp³-hybridized carbons (Fsp3) is 0.286. The molecule has 0 aliphatic heterocycles. The van der Waals surface area contributed by atoms with Crippen LogP contribution in [0.1, 0.15) is 35.4 Å². The molecule has 3 rings (SSSR count). The molecule has 7 heteroatoms. The van der Waals surface area contributed by atoms with Crippen LogP contribution in [0.15, 0.2) is 28.7 Å². The molecule has 2 aromatic heterocycles. The predicted molar refractivity (Wildman–Crippen MR) is 74.1 cm³/mol. The SMILES string of the molecule is CCCc1c(C(=O)O)nnn1Cc1nc2ccccc2o1. The first-order valence-corrected chi connectivity index (χ1v) is 6.69. The molecule has 0 bridgehead atoms. The van der Waals surface area contributed by atoms with E-state index < -0.39 is 5.97 Å². The number of hydrogen-bond acceptors (Lipinski definition) is 5. The molecule has 1 aromatic carbocycles. The predicted octanol–water partition coefficient (Wildman–Crippen LogP) is 2.12. The minimum Gasteiger partial charge on any atom is -0.476 e. The highest BCUT2D eigenvalue weighted by atomic mass is 16.4. The van der Waals surface area contributed by atoms with Gasteiger partial charge in [-0.2, -0.15) is 0 Å². The summed E-state index contributed by atoms with van der Waals surface area (Å²) >= 11 is 0. The number of nitrogens with zero attached hydrogens (tertiary/aromatic N) is 4.